The van der Waals surface area contributed by atoms with Crippen LogP contribution in [0.15, 0.2) is 59.9 Å². The first kappa shape index (κ1) is 20.7. The minimum atomic E-state index is -4.14. The molecule has 0 aliphatic rings. The van der Waals surface area contributed by atoms with E-state index in [9.17, 15) is 17.6 Å². The second kappa shape index (κ2) is 8.54. The summed E-state index contributed by atoms with van der Waals surface area (Å²) in [6, 6.07) is 11.6. The van der Waals surface area contributed by atoms with Crippen LogP contribution in [0.3, 0.4) is 0 Å². The second-order valence-corrected chi connectivity index (χ2v) is 8.06. The summed E-state index contributed by atoms with van der Waals surface area (Å²) in [4.78, 5) is 19.8. The Labute approximate surface area is 171 Å². The Balaban J connectivity index is 1.86. The van der Waals surface area contributed by atoms with E-state index >= 15 is 0 Å². The number of sulfone groups is 1. The lowest BCUT2D eigenvalue weighted by Crippen LogP contribution is -2.16. The van der Waals surface area contributed by atoms with Crippen LogP contribution < -0.4 is 9.47 Å². The number of nitrogens with zero attached hydrogens (tertiary/aromatic N) is 2. The van der Waals surface area contributed by atoms with Crippen LogP contribution >= 0.6 is 11.6 Å². The van der Waals surface area contributed by atoms with Gasteiger partial charge in [0.05, 0.1) is 24.1 Å². The Morgan fingerprint density at radius 3 is 2.41 bits per heavy atom. The van der Waals surface area contributed by atoms with Crippen LogP contribution in [-0.2, 0) is 15.6 Å². The molecule has 1 aromatic heterocycles. The Hall–Kier alpha value is -3.04. The summed E-state index contributed by atoms with van der Waals surface area (Å²) in [6.07, 6.45) is 0.980. The van der Waals surface area contributed by atoms with Crippen molar-refractivity contribution in [2.24, 2.45) is 0 Å². The molecule has 0 unspecified atom stereocenters. The smallest absolute Gasteiger partial charge is 0.364 e. The van der Waals surface area contributed by atoms with E-state index in [1.54, 1.807) is 12.1 Å². The summed E-state index contributed by atoms with van der Waals surface area (Å²) >= 11 is 5.94. The predicted molar refractivity (Wildman–Crippen MR) is 102 cm³/mol. The number of carbonyl (C=O) groups excluding carboxylic acids is 1. The number of halogens is 2. The molecular weight excluding hydrogens is 423 g/mol. The van der Waals surface area contributed by atoms with Crippen molar-refractivity contribution in [1.82, 2.24) is 9.97 Å². The van der Waals surface area contributed by atoms with E-state index in [1.165, 1.54) is 37.4 Å². The van der Waals surface area contributed by atoms with E-state index in [2.05, 4.69) is 9.97 Å². The van der Waals surface area contributed by atoms with E-state index in [1.807, 2.05) is 0 Å². The highest BCUT2D eigenvalue weighted by Crippen LogP contribution is 2.22. The van der Waals surface area contributed by atoms with Gasteiger partial charge in [-0.15, -0.1) is 0 Å². The van der Waals surface area contributed by atoms with Gasteiger partial charge in [-0.05, 0) is 30.3 Å². The zero-order valence-electron chi connectivity index (χ0n) is 15.0. The van der Waals surface area contributed by atoms with Gasteiger partial charge in [-0.2, -0.15) is 0 Å². The number of rotatable bonds is 6. The number of aromatic nitrogens is 2. The molecule has 0 radical (unpaired) electrons. The molecule has 0 atom stereocenters. The zero-order valence-corrected chi connectivity index (χ0v) is 16.6. The number of hydrogen-bond donors (Lipinski definition) is 0. The van der Waals surface area contributed by atoms with E-state index < -0.39 is 38.2 Å². The fraction of sp³-hybridized carbons (Fsp3) is 0.105. The fourth-order valence-corrected chi connectivity index (χ4v) is 3.71. The molecule has 0 saturated carbocycles. The molecule has 0 spiro atoms. The van der Waals surface area contributed by atoms with Crippen LogP contribution in [0, 0.1) is 5.82 Å². The molecule has 7 nitrogen and oxygen atoms in total. The number of methoxy groups -OCH3 is 1. The van der Waals surface area contributed by atoms with Crippen molar-refractivity contribution in [3.05, 3.63) is 76.8 Å². The molecule has 0 amide bonds. The monoisotopic (exact) mass is 436 g/mol. The largest absolute Gasteiger partial charge is 0.497 e. The van der Waals surface area contributed by atoms with Gasteiger partial charge in [0.1, 0.15) is 17.3 Å². The molecule has 0 bridgehead atoms. The maximum absolute atomic E-state index is 13.8. The Bertz CT molecular complexity index is 1150. The lowest BCUT2D eigenvalue weighted by Gasteiger charge is -2.08. The third-order valence-electron chi connectivity index (χ3n) is 3.77. The highest BCUT2D eigenvalue weighted by Gasteiger charge is 2.25. The number of esters is 1. The van der Waals surface area contributed by atoms with Crippen LogP contribution in [-0.4, -0.2) is 31.5 Å². The average molecular weight is 437 g/mol. The first-order valence-corrected chi connectivity index (χ1v) is 10.2. The average Bonchev–Trinajstić information content (AvgIpc) is 2.70. The maximum atomic E-state index is 13.8. The third-order valence-corrected chi connectivity index (χ3v) is 5.49. The van der Waals surface area contributed by atoms with Gasteiger partial charge in [0.25, 0.3) is 0 Å². The van der Waals surface area contributed by atoms with Crippen molar-refractivity contribution in [2.45, 2.75) is 10.9 Å². The number of ether oxygens (including phenoxy) is 2. The molecular formula is C19H14ClFN2O5S. The summed E-state index contributed by atoms with van der Waals surface area (Å²) in [5.74, 6) is -1.57. The number of benzene rings is 2. The zero-order chi connectivity index (χ0) is 21.0. The van der Waals surface area contributed by atoms with Gasteiger partial charge >= 0.3 is 5.97 Å². The molecule has 1 heterocycles. The summed E-state index contributed by atoms with van der Waals surface area (Å²) in [7, 11) is -2.64. The molecule has 3 aromatic rings. The topological polar surface area (TPSA) is 95.5 Å². The third kappa shape index (κ3) is 4.87. The molecule has 0 saturated heterocycles. The highest BCUT2D eigenvalue weighted by molar-refractivity contribution is 7.90. The molecule has 0 aliphatic heterocycles. The van der Waals surface area contributed by atoms with E-state index in [-0.39, 0.29) is 16.3 Å². The first-order chi connectivity index (χ1) is 13.8. The second-order valence-electron chi connectivity index (χ2n) is 5.76. The van der Waals surface area contributed by atoms with Crippen molar-refractivity contribution < 1.29 is 27.1 Å². The van der Waals surface area contributed by atoms with E-state index in [0.29, 0.717) is 5.75 Å². The van der Waals surface area contributed by atoms with Gasteiger partial charge in [-0.25, -0.2) is 27.6 Å². The van der Waals surface area contributed by atoms with Crippen molar-refractivity contribution >= 4 is 27.4 Å². The van der Waals surface area contributed by atoms with Gasteiger partial charge < -0.3 is 9.47 Å². The van der Waals surface area contributed by atoms with Crippen LogP contribution in [0.1, 0.15) is 16.1 Å². The maximum Gasteiger partial charge on any atom is 0.364 e. The van der Waals surface area contributed by atoms with Gasteiger partial charge in [0.2, 0.25) is 15.0 Å². The van der Waals surface area contributed by atoms with Crippen molar-refractivity contribution in [3.63, 3.8) is 0 Å². The molecule has 0 aliphatic carbocycles. The molecule has 150 valence electrons. The van der Waals surface area contributed by atoms with Crippen molar-refractivity contribution in [3.8, 4) is 11.5 Å². The van der Waals surface area contributed by atoms with Crippen LogP contribution in [0.25, 0.3) is 0 Å². The van der Waals surface area contributed by atoms with Crippen molar-refractivity contribution in [1.29, 1.82) is 0 Å². The molecule has 0 N–H and O–H groups in total. The number of carbonyl (C=O) groups is 1. The first-order valence-electron chi connectivity index (χ1n) is 8.15. The summed E-state index contributed by atoms with van der Waals surface area (Å²) in [5, 5.41) is -0.847. The minimum absolute atomic E-state index is 0.0478. The predicted octanol–water partition coefficient (Wildman–Crippen LogP) is 3.47. The molecule has 3 rings (SSSR count). The molecule has 10 heteroatoms. The standard InChI is InChI=1S/C19H14ClFN2O5S/c1-27-13-6-8-14(9-7-13)28-18(24)17-15(20)10-22-19(23-17)29(25,26)11-12-4-2-3-5-16(12)21/h2-10H,11H2,1H3. The molecule has 0 fully saturated rings. The van der Waals surface area contributed by atoms with E-state index in [0.717, 1.165) is 12.3 Å². The van der Waals surface area contributed by atoms with E-state index in [4.69, 9.17) is 21.1 Å². The van der Waals surface area contributed by atoms with Crippen LogP contribution in [0.4, 0.5) is 4.39 Å². The van der Waals surface area contributed by atoms with Gasteiger partial charge in [-0.1, -0.05) is 29.8 Å². The Morgan fingerprint density at radius 2 is 1.76 bits per heavy atom. The molecule has 29 heavy (non-hydrogen) atoms. The lowest BCUT2D eigenvalue weighted by molar-refractivity contribution is 0.0727. The van der Waals surface area contributed by atoms with Crippen LogP contribution in [0.2, 0.25) is 5.02 Å². The van der Waals surface area contributed by atoms with Gasteiger partial charge in [-0.3, -0.25) is 0 Å². The SMILES string of the molecule is COc1ccc(OC(=O)c2nc(S(=O)(=O)Cc3ccccc3F)ncc2Cl)cc1. The highest BCUT2D eigenvalue weighted by atomic mass is 35.5. The normalized spacial score (nSPS) is 11.1. The summed E-state index contributed by atoms with van der Waals surface area (Å²) in [5.41, 5.74) is -0.474. The lowest BCUT2D eigenvalue weighted by atomic mass is 10.2. The fourth-order valence-electron chi connectivity index (χ4n) is 2.33. The van der Waals surface area contributed by atoms with Crippen molar-refractivity contribution in [2.75, 3.05) is 7.11 Å². The van der Waals surface area contributed by atoms with Gasteiger partial charge in [0, 0.05) is 5.56 Å². The Morgan fingerprint density at radius 1 is 1.10 bits per heavy atom. The van der Waals surface area contributed by atoms with Crippen LogP contribution in [0.5, 0.6) is 11.5 Å². The Kier molecular flexibility index (Phi) is 6.09. The summed E-state index contributed by atoms with van der Waals surface area (Å²) < 4.78 is 49.1. The quantitative estimate of drug-likeness (QED) is 0.331. The molecule has 2 aromatic carbocycles. The summed E-state index contributed by atoms with van der Waals surface area (Å²) in [6.45, 7) is 0. The number of hydrogen-bond acceptors (Lipinski definition) is 7. The van der Waals surface area contributed by atoms with Gasteiger partial charge in [0.15, 0.2) is 5.69 Å². The minimum Gasteiger partial charge on any atom is -0.497 e.